The molecule has 0 bridgehead atoms. The summed E-state index contributed by atoms with van der Waals surface area (Å²) in [6.07, 6.45) is 2.48. The normalized spacial score (nSPS) is 22.5. The number of rotatable bonds is 5. The summed E-state index contributed by atoms with van der Waals surface area (Å²) < 4.78 is 11.7. The van der Waals surface area contributed by atoms with Gasteiger partial charge >= 0.3 is 0 Å². The van der Waals surface area contributed by atoms with Crippen LogP contribution in [0.15, 0.2) is 18.2 Å². The molecular weight excluding hydrogens is 309 g/mol. The van der Waals surface area contributed by atoms with E-state index in [9.17, 15) is 0 Å². The number of nitrogens with one attached hydrogen (secondary N) is 1. The van der Waals surface area contributed by atoms with Crippen LogP contribution in [0, 0.1) is 0 Å². The fraction of sp³-hybridized carbons (Fsp3) is 0.625. The monoisotopic (exact) mass is 331 g/mol. The molecule has 2 rings (SSSR count). The molecule has 1 fully saturated rings. The molecule has 21 heavy (non-hydrogen) atoms. The first-order valence-corrected chi connectivity index (χ1v) is 8.07. The van der Waals surface area contributed by atoms with Gasteiger partial charge in [-0.25, -0.2) is 0 Å². The van der Waals surface area contributed by atoms with Gasteiger partial charge in [0.05, 0.1) is 12.2 Å². The summed E-state index contributed by atoms with van der Waals surface area (Å²) in [5.74, 6) is 0.687. The van der Waals surface area contributed by atoms with Gasteiger partial charge in [0.25, 0.3) is 0 Å². The van der Waals surface area contributed by atoms with Crippen LogP contribution in [0.3, 0.4) is 0 Å². The molecule has 1 aliphatic heterocycles. The van der Waals surface area contributed by atoms with Gasteiger partial charge in [-0.15, -0.1) is 0 Å². The van der Waals surface area contributed by atoms with Crippen LogP contribution < -0.4 is 10.1 Å². The van der Waals surface area contributed by atoms with Gasteiger partial charge in [0.15, 0.2) is 0 Å². The van der Waals surface area contributed by atoms with Crippen LogP contribution in [-0.2, 0) is 4.74 Å². The topological polar surface area (TPSA) is 30.5 Å². The van der Waals surface area contributed by atoms with Crippen LogP contribution in [0.2, 0.25) is 10.0 Å². The van der Waals surface area contributed by atoms with E-state index in [1.165, 1.54) is 0 Å². The summed E-state index contributed by atoms with van der Waals surface area (Å²) in [5, 5.41) is 4.63. The highest BCUT2D eigenvalue weighted by atomic mass is 35.5. The zero-order chi connectivity index (χ0) is 15.5. The van der Waals surface area contributed by atoms with E-state index in [1.807, 2.05) is 0 Å². The Hall–Kier alpha value is -0.480. The molecule has 0 aromatic heterocycles. The molecule has 1 aromatic carbocycles. The lowest BCUT2D eigenvalue weighted by Gasteiger charge is -2.23. The second kappa shape index (κ2) is 7.19. The van der Waals surface area contributed by atoms with E-state index in [4.69, 9.17) is 32.7 Å². The Bertz CT molecular complexity index is 454. The van der Waals surface area contributed by atoms with Crippen LogP contribution in [0.1, 0.15) is 33.6 Å². The van der Waals surface area contributed by atoms with E-state index < -0.39 is 0 Å². The lowest BCUT2D eigenvalue weighted by Crippen LogP contribution is -2.41. The molecule has 3 nitrogen and oxygen atoms in total. The molecule has 0 saturated carbocycles. The average Bonchev–Trinajstić information content (AvgIpc) is 2.80. The van der Waals surface area contributed by atoms with Gasteiger partial charge in [-0.05, 0) is 51.8 Å². The average molecular weight is 332 g/mol. The highest BCUT2D eigenvalue weighted by molar-refractivity contribution is 6.34. The first-order chi connectivity index (χ1) is 9.82. The van der Waals surface area contributed by atoms with E-state index in [-0.39, 0.29) is 17.7 Å². The quantitative estimate of drug-likeness (QED) is 0.872. The number of hydrogen-bond acceptors (Lipinski definition) is 3. The van der Waals surface area contributed by atoms with Gasteiger partial charge in [0, 0.05) is 22.1 Å². The molecule has 0 radical (unpaired) electrons. The van der Waals surface area contributed by atoms with Gasteiger partial charge in [0.2, 0.25) is 0 Å². The Labute approximate surface area is 136 Å². The van der Waals surface area contributed by atoms with Crippen molar-refractivity contribution in [1.29, 1.82) is 0 Å². The molecule has 1 heterocycles. The highest BCUT2D eigenvalue weighted by Gasteiger charge is 2.26. The van der Waals surface area contributed by atoms with Crippen molar-refractivity contribution in [2.45, 2.75) is 51.4 Å². The Balaban J connectivity index is 1.75. The molecule has 5 heteroatoms. The van der Waals surface area contributed by atoms with Crippen molar-refractivity contribution in [2.75, 3.05) is 13.2 Å². The molecule has 1 aromatic rings. The summed E-state index contributed by atoms with van der Waals surface area (Å²) in [4.78, 5) is 0. The summed E-state index contributed by atoms with van der Waals surface area (Å²) in [5.41, 5.74) is 0.121. The Kier molecular flexibility index (Phi) is 5.78. The Morgan fingerprint density at radius 2 is 1.76 bits per heavy atom. The van der Waals surface area contributed by atoms with Crippen molar-refractivity contribution >= 4 is 23.2 Å². The van der Waals surface area contributed by atoms with E-state index in [2.05, 4.69) is 26.1 Å². The fourth-order valence-electron chi connectivity index (χ4n) is 2.27. The fourth-order valence-corrected chi connectivity index (χ4v) is 2.78. The second-order valence-corrected chi connectivity index (χ2v) is 7.38. The molecule has 0 amide bonds. The maximum absolute atomic E-state index is 5.99. The SMILES string of the molecule is CC(C)(C)NCC1CCC(COc2cc(Cl)cc(Cl)c2)O1. The van der Waals surface area contributed by atoms with Gasteiger partial charge in [-0.3, -0.25) is 0 Å². The first-order valence-electron chi connectivity index (χ1n) is 7.31. The largest absolute Gasteiger partial charge is 0.491 e. The third kappa shape index (κ3) is 6.03. The molecule has 1 aliphatic rings. The molecule has 118 valence electrons. The number of benzene rings is 1. The number of halogens is 2. The van der Waals surface area contributed by atoms with E-state index in [0.29, 0.717) is 22.4 Å². The first kappa shape index (κ1) is 16.9. The maximum Gasteiger partial charge on any atom is 0.122 e. The van der Waals surface area contributed by atoms with Crippen LogP contribution in [0.25, 0.3) is 0 Å². The third-order valence-corrected chi connectivity index (χ3v) is 3.76. The minimum absolute atomic E-state index is 0.121. The molecule has 2 atom stereocenters. The van der Waals surface area contributed by atoms with Crippen molar-refractivity contribution in [2.24, 2.45) is 0 Å². The van der Waals surface area contributed by atoms with Crippen molar-refractivity contribution < 1.29 is 9.47 Å². The lowest BCUT2D eigenvalue weighted by atomic mass is 10.1. The van der Waals surface area contributed by atoms with Crippen molar-refractivity contribution in [3.8, 4) is 5.75 Å². The van der Waals surface area contributed by atoms with Crippen LogP contribution in [0.5, 0.6) is 5.75 Å². The molecule has 1 N–H and O–H groups in total. The zero-order valence-electron chi connectivity index (χ0n) is 12.8. The summed E-state index contributed by atoms with van der Waals surface area (Å²) in [6.45, 7) is 7.88. The second-order valence-electron chi connectivity index (χ2n) is 6.50. The van der Waals surface area contributed by atoms with E-state index in [1.54, 1.807) is 18.2 Å². The summed E-state index contributed by atoms with van der Waals surface area (Å²) in [6, 6.07) is 5.22. The Morgan fingerprint density at radius 3 is 2.38 bits per heavy atom. The van der Waals surface area contributed by atoms with Crippen molar-refractivity contribution in [3.63, 3.8) is 0 Å². The van der Waals surface area contributed by atoms with Gasteiger partial charge in [-0.2, -0.15) is 0 Å². The van der Waals surface area contributed by atoms with Gasteiger partial charge < -0.3 is 14.8 Å². The minimum atomic E-state index is 0.121. The smallest absolute Gasteiger partial charge is 0.122 e. The molecule has 0 spiro atoms. The lowest BCUT2D eigenvalue weighted by molar-refractivity contribution is 0.0162. The van der Waals surface area contributed by atoms with E-state index >= 15 is 0 Å². The van der Waals surface area contributed by atoms with Crippen LogP contribution in [0.4, 0.5) is 0 Å². The molecule has 1 saturated heterocycles. The van der Waals surface area contributed by atoms with Crippen molar-refractivity contribution in [3.05, 3.63) is 28.2 Å². The van der Waals surface area contributed by atoms with Gasteiger partial charge in [0.1, 0.15) is 12.4 Å². The van der Waals surface area contributed by atoms with Crippen LogP contribution >= 0.6 is 23.2 Å². The third-order valence-electron chi connectivity index (χ3n) is 3.33. The molecular formula is C16H23Cl2NO2. The number of hydrogen-bond donors (Lipinski definition) is 1. The van der Waals surface area contributed by atoms with E-state index in [0.717, 1.165) is 19.4 Å². The van der Waals surface area contributed by atoms with Crippen LogP contribution in [-0.4, -0.2) is 30.9 Å². The maximum atomic E-state index is 5.99. The predicted molar refractivity (Wildman–Crippen MR) is 87.6 cm³/mol. The minimum Gasteiger partial charge on any atom is -0.491 e. The zero-order valence-corrected chi connectivity index (χ0v) is 14.3. The predicted octanol–water partition coefficient (Wildman–Crippen LogP) is 4.31. The highest BCUT2D eigenvalue weighted by Crippen LogP contribution is 2.26. The number of ether oxygens (including phenoxy) is 2. The van der Waals surface area contributed by atoms with Crippen molar-refractivity contribution in [1.82, 2.24) is 5.32 Å². The molecule has 0 aliphatic carbocycles. The summed E-state index contributed by atoms with van der Waals surface area (Å²) in [7, 11) is 0. The van der Waals surface area contributed by atoms with Gasteiger partial charge in [-0.1, -0.05) is 23.2 Å². The molecule has 2 unspecified atom stereocenters. The summed E-state index contributed by atoms with van der Waals surface area (Å²) >= 11 is 11.9. The Morgan fingerprint density at radius 1 is 1.14 bits per heavy atom. The standard InChI is InChI=1S/C16H23Cl2NO2/c1-16(2,3)19-9-13-4-5-14(21-13)10-20-15-7-11(17)6-12(18)8-15/h6-8,13-14,19H,4-5,9-10H2,1-3H3.